The summed E-state index contributed by atoms with van der Waals surface area (Å²) in [5.41, 5.74) is 2.39. The maximum atomic E-state index is 12.7. The Morgan fingerprint density at radius 2 is 2.08 bits per heavy atom. The number of thiophene rings is 1. The molecule has 0 spiro atoms. The molecular formula is C17H16Cl2N2O2S. The lowest BCUT2D eigenvalue weighted by Crippen LogP contribution is -2.38. The van der Waals surface area contributed by atoms with E-state index >= 15 is 0 Å². The standard InChI is InChI=1S/C17H16Cl2N2O2S/c1-7-2-3-9-12(4-7)24-17-13(9)16(23)20-15(21-17)10-5-8(18)6-11(19)14(10)22/h5-7,15,21-22H,2-4H2,1H3,(H,20,23)/t7-,15+/m0/s1. The molecule has 24 heavy (non-hydrogen) atoms. The van der Waals surface area contributed by atoms with Gasteiger partial charge in [0.1, 0.15) is 16.9 Å². The highest BCUT2D eigenvalue weighted by atomic mass is 35.5. The first kappa shape index (κ1) is 16.1. The van der Waals surface area contributed by atoms with Gasteiger partial charge in [0.05, 0.1) is 10.6 Å². The number of amides is 1. The van der Waals surface area contributed by atoms with Crippen LogP contribution in [0.2, 0.25) is 10.0 Å². The van der Waals surface area contributed by atoms with Gasteiger partial charge in [-0.3, -0.25) is 4.79 Å². The van der Waals surface area contributed by atoms with Crippen molar-refractivity contribution < 1.29 is 9.90 Å². The van der Waals surface area contributed by atoms with E-state index in [0.717, 1.165) is 29.8 Å². The zero-order valence-electron chi connectivity index (χ0n) is 13.0. The van der Waals surface area contributed by atoms with Crippen molar-refractivity contribution in [1.82, 2.24) is 5.32 Å². The maximum Gasteiger partial charge on any atom is 0.256 e. The predicted molar refractivity (Wildman–Crippen MR) is 97.5 cm³/mol. The van der Waals surface area contributed by atoms with Crippen molar-refractivity contribution in [1.29, 1.82) is 0 Å². The van der Waals surface area contributed by atoms with Crippen LogP contribution in [0.15, 0.2) is 12.1 Å². The number of rotatable bonds is 1. The molecule has 1 aromatic heterocycles. The van der Waals surface area contributed by atoms with Gasteiger partial charge in [-0.15, -0.1) is 11.3 Å². The molecule has 7 heteroatoms. The quantitative estimate of drug-likeness (QED) is 0.667. The number of halogens is 2. The fourth-order valence-corrected chi connectivity index (χ4v) is 5.37. The number of nitrogens with one attached hydrogen (secondary N) is 2. The summed E-state index contributed by atoms with van der Waals surface area (Å²) in [6.45, 7) is 2.24. The lowest BCUT2D eigenvalue weighted by atomic mass is 9.88. The van der Waals surface area contributed by atoms with Crippen molar-refractivity contribution in [2.24, 2.45) is 5.92 Å². The Morgan fingerprint density at radius 1 is 1.29 bits per heavy atom. The van der Waals surface area contributed by atoms with Crippen molar-refractivity contribution in [3.63, 3.8) is 0 Å². The minimum atomic E-state index is -0.557. The molecule has 0 saturated carbocycles. The van der Waals surface area contributed by atoms with E-state index in [1.807, 2.05) is 0 Å². The Balaban J connectivity index is 1.74. The number of fused-ring (bicyclic) bond motifs is 3. The van der Waals surface area contributed by atoms with Crippen molar-refractivity contribution in [2.45, 2.75) is 32.4 Å². The molecule has 0 bridgehead atoms. The van der Waals surface area contributed by atoms with Gasteiger partial charge in [-0.1, -0.05) is 30.1 Å². The second-order valence-electron chi connectivity index (χ2n) is 6.43. The number of carbonyl (C=O) groups is 1. The zero-order valence-corrected chi connectivity index (χ0v) is 15.3. The molecule has 1 aromatic carbocycles. The molecule has 3 N–H and O–H groups in total. The predicted octanol–water partition coefficient (Wildman–Crippen LogP) is 4.74. The fraction of sp³-hybridized carbons (Fsp3) is 0.353. The van der Waals surface area contributed by atoms with Crippen molar-refractivity contribution in [2.75, 3.05) is 5.32 Å². The number of anilines is 1. The molecule has 4 rings (SSSR count). The maximum absolute atomic E-state index is 12.7. The van der Waals surface area contributed by atoms with Gasteiger partial charge in [-0.05, 0) is 42.9 Å². The van der Waals surface area contributed by atoms with Crippen LogP contribution in [0, 0.1) is 5.92 Å². The summed E-state index contributed by atoms with van der Waals surface area (Å²) in [6, 6.07) is 3.09. The molecule has 0 fully saturated rings. The number of aromatic hydroxyl groups is 1. The summed E-state index contributed by atoms with van der Waals surface area (Å²) in [5, 5.41) is 17.9. The van der Waals surface area contributed by atoms with Crippen LogP contribution in [0.3, 0.4) is 0 Å². The first-order valence-corrected chi connectivity index (χ1v) is 9.41. The third-order valence-corrected chi connectivity index (χ3v) is 6.35. The molecule has 0 radical (unpaired) electrons. The Bertz CT molecular complexity index is 850. The Morgan fingerprint density at radius 3 is 2.88 bits per heavy atom. The lowest BCUT2D eigenvalue weighted by molar-refractivity contribution is 0.0935. The van der Waals surface area contributed by atoms with Crippen LogP contribution in [-0.4, -0.2) is 11.0 Å². The van der Waals surface area contributed by atoms with E-state index in [-0.39, 0.29) is 16.7 Å². The molecule has 1 aliphatic carbocycles. The van der Waals surface area contributed by atoms with Crippen LogP contribution in [0.25, 0.3) is 0 Å². The highest BCUT2D eigenvalue weighted by Crippen LogP contribution is 2.44. The largest absolute Gasteiger partial charge is 0.506 e. The summed E-state index contributed by atoms with van der Waals surface area (Å²) >= 11 is 13.7. The van der Waals surface area contributed by atoms with Crippen LogP contribution < -0.4 is 10.6 Å². The molecule has 4 nitrogen and oxygen atoms in total. The van der Waals surface area contributed by atoms with Gasteiger partial charge in [-0.25, -0.2) is 0 Å². The molecule has 126 valence electrons. The van der Waals surface area contributed by atoms with E-state index in [2.05, 4.69) is 17.6 Å². The molecule has 2 atom stereocenters. The van der Waals surface area contributed by atoms with E-state index in [9.17, 15) is 9.90 Å². The van der Waals surface area contributed by atoms with Gasteiger partial charge in [-0.2, -0.15) is 0 Å². The van der Waals surface area contributed by atoms with Crippen LogP contribution in [0.5, 0.6) is 5.75 Å². The van der Waals surface area contributed by atoms with Gasteiger partial charge in [0.25, 0.3) is 5.91 Å². The third-order valence-electron chi connectivity index (χ3n) is 4.66. The Labute approximate surface area is 153 Å². The average molecular weight is 383 g/mol. The fourth-order valence-electron chi connectivity index (χ4n) is 3.42. The van der Waals surface area contributed by atoms with Crippen molar-refractivity contribution in [3.05, 3.63) is 43.7 Å². The van der Waals surface area contributed by atoms with Gasteiger partial charge >= 0.3 is 0 Å². The zero-order chi connectivity index (χ0) is 17.0. The number of hydrogen-bond donors (Lipinski definition) is 3. The number of carbonyl (C=O) groups excluding carboxylic acids is 1. The number of phenolic OH excluding ortho intramolecular Hbond substituents is 1. The summed E-state index contributed by atoms with van der Waals surface area (Å²) in [5.74, 6) is 0.459. The number of phenols is 1. The molecule has 2 aromatic rings. The summed E-state index contributed by atoms with van der Waals surface area (Å²) in [4.78, 5) is 14.0. The highest BCUT2D eigenvalue weighted by molar-refractivity contribution is 7.16. The first-order valence-electron chi connectivity index (χ1n) is 7.84. The molecule has 1 amide bonds. The topological polar surface area (TPSA) is 61.4 Å². The van der Waals surface area contributed by atoms with Gasteiger partial charge in [0, 0.05) is 15.5 Å². The van der Waals surface area contributed by atoms with E-state index in [1.165, 1.54) is 16.5 Å². The van der Waals surface area contributed by atoms with Gasteiger partial charge < -0.3 is 15.7 Å². The molecular weight excluding hydrogens is 367 g/mol. The van der Waals surface area contributed by atoms with Crippen LogP contribution in [0.1, 0.15) is 45.9 Å². The van der Waals surface area contributed by atoms with Crippen molar-refractivity contribution in [3.8, 4) is 5.75 Å². The first-order chi connectivity index (χ1) is 11.4. The van der Waals surface area contributed by atoms with E-state index in [4.69, 9.17) is 23.2 Å². The minimum Gasteiger partial charge on any atom is -0.506 e. The van der Waals surface area contributed by atoms with Crippen LogP contribution in [0.4, 0.5) is 5.00 Å². The van der Waals surface area contributed by atoms with Crippen molar-refractivity contribution >= 4 is 45.4 Å². The number of hydrogen-bond acceptors (Lipinski definition) is 4. The highest BCUT2D eigenvalue weighted by Gasteiger charge is 2.34. The molecule has 2 aliphatic rings. The average Bonchev–Trinajstić information content (AvgIpc) is 2.88. The van der Waals surface area contributed by atoms with E-state index in [0.29, 0.717) is 16.5 Å². The smallest absolute Gasteiger partial charge is 0.256 e. The molecule has 0 saturated heterocycles. The van der Waals surface area contributed by atoms with Crippen LogP contribution >= 0.6 is 34.5 Å². The summed E-state index contributed by atoms with van der Waals surface area (Å²) < 4.78 is 0. The third kappa shape index (κ3) is 2.55. The molecule has 0 unspecified atom stereocenters. The van der Waals surface area contributed by atoms with E-state index < -0.39 is 6.17 Å². The normalized spacial score (nSPS) is 22.4. The summed E-state index contributed by atoms with van der Waals surface area (Å²) in [6.07, 6.45) is 2.51. The second kappa shape index (κ2) is 5.83. The lowest BCUT2D eigenvalue weighted by Gasteiger charge is -2.27. The van der Waals surface area contributed by atoms with Gasteiger partial charge in [0.15, 0.2) is 0 Å². The minimum absolute atomic E-state index is 0.0720. The van der Waals surface area contributed by atoms with Crippen LogP contribution in [-0.2, 0) is 12.8 Å². The molecule has 1 aliphatic heterocycles. The Kier molecular flexibility index (Phi) is 3.90. The second-order valence-corrected chi connectivity index (χ2v) is 8.38. The Hall–Kier alpha value is -1.43. The summed E-state index contributed by atoms with van der Waals surface area (Å²) in [7, 11) is 0. The monoisotopic (exact) mass is 382 g/mol. The number of benzene rings is 1. The SMILES string of the molecule is C[C@H]1CCc2c(sc3c2C(=O)N[C@@H](c2cc(Cl)cc(Cl)c2O)N3)C1. The van der Waals surface area contributed by atoms with Gasteiger partial charge in [0.2, 0.25) is 0 Å². The van der Waals surface area contributed by atoms with E-state index in [1.54, 1.807) is 17.4 Å². The molecule has 2 heterocycles.